The summed E-state index contributed by atoms with van der Waals surface area (Å²) >= 11 is 0. The first kappa shape index (κ1) is 5.08. The van der Waals surface area contributed by atoms with Gasteiger partial charge >= 0.3 is 0 Å². The van der Waals surface area contributed by atoms with Gasteiger partial charge in [-0.15, -0.1) is 10.7 Å². The van der Waals surface area contributed by atoms with E-state index in [1.165, 1.54) is 0 Å². The molecule has 4 nitrogen and oxygen atoms in total. The van der Waals surface area contributed by atoms with Crippen molar-refractivity contribution >= 4 is 11.4 Å². The van der Waals surface area contributed by atoms with Crippen LogP contribution >= 0.6 is 0 Å². The number of oxime groups is 1. The first-order chi connectivity index (χ1) is 3.80. The maximum absolute atomic E-state index is 4.40. The summed E-state index contributed by atoms with van der Waals surface area (Å²) in [5.74, 6) is 0. The summed E-state index contributed by atoms with van der Waals surface area (Å²) in [6, 6.07) is 0. The molecule has 0 amide bonds. The van der Waals surface area contributed by atoms with Crippen molar-refractivity contribution in [3.8, 4) is 0 Å². The fraction of sp³-hybridized carbons (Fsp3) is 0.500. The van der Waals surface area contributed by atoms with Crippen LogP contribution in [0.4, 0.5) is 0 Å². The molecule has 1 aliphatic rings. The molecular formula is C4H7N3O. The Morgan fingerprint density at radius 2 is 2.12 bits per heavy atom. The minimum absolute atomic E-state index is 0.809. The van der Waals surface area contributed by atoms with Crippen LogP contribution in [-0.4, -0.2) is 11.4 Å². The summed E-state index contributed by atoms with van der Waals surface area (Å²) in [7, 11) is 0. The maximum atomic E-state index is 4.40. The lowest BCUT2D eigenvalue weighted by atomic mass is 10.3. The number of rotatable bonds is 0. The SMILES string of the molecule is CC1=NNON=C1C. The van der Waals surface area contributed by atoms with Gasteiger partial charge in [0.05, 0.1) is 5.71 Å². The molecule has 1 N–H and O–H groups in total. The standard InChI is InChI=1S/C4H7N3O/c1-3-4(2)6-8-7-5-3/h7H,1-2H3. The summed E-state index contributed by atoms with van der Waals surface area (Å²) in [5.41, 5.74) is 3.93. The van der Waals surface area contributed by atoms with E-state index >= 15 is 0 Å². The Morgan fingerprint density at radius 3 is 2.50 bits per heavy atom. The molecule has 0 spiro atoms. The van der Waals surface area contributed by atoms with Crippen molar-refractivity contribution < 1.29 is 4.94 Å². The van der Waals surface area contributed by atoms with Gasteiger partial charge < -0.3 is 0 Å². The minimum Gasteiger partial charge on any atom is -0.253 e. The van der Waals surface area contributed by atoms with Gasteiger partial charge in [0.1, 0.15) is 5.71 Å². The number of hydrogen-bond acceptors (Lipinski definition) is 4. The molecule has 0 fully saturated rings. The molecular weight excluding hydrogens is 106 g/mol. The van der Waals surface area contributed by atoms with E-state index < -0.39 is 0 Å². The smallest absolute Gasteiger partial charge is 0.103 e. The molecule has 44 valence electrons. The third kappa shape index (κ3) is 0.776. The highest BCUT2D eigenvalue weighted by Crippen LogP contribution is 1.88. The molecule has 0 atom stereocenters. The first-order valence-electron chi connectivity index (χ1n) is 2.31. The lowest BCUT2D eigenvalue weighted by Crippen LogP contribution is -2.19. The Kier molecular flexibility index (Phi) is 1.15. The summed E-state index contributed by atoms with van der Waals surface area (Å²) in [6.07, 6.45) is 0. The molecule has 1 heterocycles. The second-order valence-electron chi connectivity index (χ2n) is 1.56. The van der Waals surface area contributed by atoms with E-state index in [-0.39, 0.29) is 0 Å². The van der Waals surface area contributed by atoms with Gasteiger partial charge in [-0.3, -0.25) is 4.94 Å². The van der Waals surface area contributed by atoms with Gasteiger partial charge in [-0.1, -0.05) is 5.16 Å². The zero-order chi connectivity index (χ0) is 5.98. The van der Waals surface area contributed by atoms with Crippen LogP contribution in [-0.2, 0) is 4.94 Å². The molecule has 1 rings (SSSR count). The third-order valence-electron chi connectivity index (χ3n) is 0.960. The highest BCUT2D eigenvalue weighted by atomic mass is 16.8. The Morgan fingerprint density at radius 1 is 1.38 bits per heavy atom. The average Bonchev–Trinajstić information content (AvgIpc) is 1.77. The van der Waals surface area contributed by atoms with Gasteiger partial charge in [-0.05, 0) is 13.8 Å². The molecule has 0 bridgehead atoms. The van der Waals surface area contributed by atoms with Crippen molar-refractivity contribution in [2.45, 2.75) is 13.8 Å². The third-order valence-corrected chi connectivity index (χ3v) is 0.960. The second kappa shape index (κ2) is 1.81. The van der Waals surface area contributed by atoms with Crippen molar-refractivity contribution in [2.75, 3.05) is 0 Å². The van der Waals surface area contributed by atoms with E-state index in [1.807, 2.05) is 13.8 Å². The molecule has 1 aliphatic heterocycles. The van der Waals surface area contributed by atoms with Gasteiger partial charge in [-0.25, -0.2) is 0 Å². The highest BCUT2D eigenvalue weighted by Gasteiger charge is 2.00. The fourth-order valence-electron chi connectivity index (χ4n) is 0.325. The van der Waals surface area contributed by atoms with Gasteiger partial charge in [0.25, 0.3) is 0 Å². The van der Waals surface area contributed by atoms with E-state index in [4.69, 9.17) is 0 Å². The number of hydrazone groups is 1. The molecule has 0 aliphatic carbocycles. The van der Waals surface area contributed by atoms with Crippen LogP contribution in [0.15, 0.2) is 10.3 Å². The van der Waals surface area contributed by atoms with E-state index in [0.29, 0.717) is 0 Å². The predicted octanol–water partition coefficient (Wildman–Crippen LogP) is 0.273. The molecule has 0 aromatic carbocycles. The molecule has 0 saturated heterocycles. The van der Waals surface area contributed by atoms with Crippen molar-refractivity contribution in [3.63, 3.8) is 0 Å². The van der Waals surface area contributed by atoms with Crippen LogP contribution in [0.1, 0.15) is 13.8 Å². The molecule has 0 aromatic rings. The van der Waals surface area contributed by atoms with E-state index in [1.54, 1.807) is 0 Å². The van der Waals surface area contributed by atoms with E-state index in [2.05, 4.69) is 20.8 Å². The van der Waals surface area contributed by atoms with Crippen molar-refractivity contribution in [1.82, 2.24) is 5.59 Å². The van der Waals surface area contributed by atoms with Crippen LogP contribution < -0.4 is 5.59 Å². The zero-order valence-electron chi connectivity index (χ0n) is 4.80. The lowest BCUT2D eigenvalue weighted by Gasteiger charge is -2.04. The quantitative estimate of drug-likeness (QED) is 0.490. The zero-order valence-corrected chi connectivity index (χ0v) is 4.80. The first-order valence-corrected chi connectivity index (χ1v) is 2.31. The Hall–Kier alpha value is -1.06. The second-order valence-corrected chi connectivity index (χ2v) is 1.56. The number of nitrogens with one attached hydrogen (secondary N) is 1. The Balaban J connectivity index is 2.73. The summed E-state index contributed by atoms with van der Waals surface area (Å²) < 4.78 is 0. The molecule has 4 heteroatoms. The number of hydrogen-bond donors (Lipinski definition) is 1. The lowest BCUT2D eigenvalue weighted by molar-refractivity contribution is 0.0458. The summed E-state index contributed by atoms with van der Waals surface area (Å²) in [4.78, 5) is 4.40. The van der Waals surface area contributed by atoms with E-state index in [9.17, 15) is 0 Å². The highest BCUT2D eigenvalue weighted by molar-refractivity contribution is 6.40. The van der Waals surface area contributed by atoms with Crippen LogP contribution in [0.5, 0.6) is 0 Å². The van der Waals surface area contributed by atoms with Crippen LogP contribution in [0.3, 0.4) is 0 Å². The van der Waals surface area contributed by atoms with Crippen molar-refractivity contribution in [2.24, 2.45) is 10.3 Å². The molecule has 0 unspecified atom stereocenters. The number of nitrogens with zero attached hydrogens (tertiary/aromatic N) is 2. The van der Waals surface area contributed by atoms with Gasteiger partial charge in [0.2, 0.25) is 0 Å². The van der Waals surface area contributed by atoms with Crippen molar-refractivity contribution in [1.29, 1.82) is 0 Å². The van der Waals surface area contributed by atoms with Gasteiger partial charge in [0.15, 0.2) is 0 Å². The van der Waals surface area contributed by atoms with Crippen LogP contribution in [0.25, 0.3) is 0 Å². The molecule has 0 aromatic heterocycles. The fourth-order valence-corrected chi connectivity index (χ4v) is 0.325. The topological polar surface area (TPSA) is 46.0 Å². The molecule has 0 radical (unpaired) electrons. The van der Waals surface area contributed by atoms with Gasteiger partial charge in [0, 0.05) is 0 Å². The Bertz CT molecular complexity index is 131. The summed E-state index contributed by atoms with van der Waals surface area (Å²) in [6.45, 7) is 3.69. The average molecular weight is 113 g/mol. The summed E-state index contributed by atoms with van der Waals surface area (Å²) in [5, 5.41) is 7.31. The maximum Gasteiger partial charge on any atom is 0.103 e. The van der Waals surface area contributed by atoms with Gasteiger partial charge in [-0.2, -0.15) is 0 Å². The Labute approximate surface area is 47.2 Å². The monoisotopic (exact) mass is 113 g/mol. The van der Waals surface area contributed by atoms with Crippen LogP contribution in [0, 0.1) is 0 Å². The minimum atomic E-state index is 0.809. The molecule has 8 heavy (non-hydrogen) atoms. The largest absolute Gasteiger partial charge is 0.253 e. The normalized spacial score (nSPS) is 17.8. The van der Waals surface area contributed by atoms with E-state index in [0.717, 1.165) is 11.4 Å². The molecule has 0 saturated carbocycles. The van der Waals surface area contributed by atoms with Crippen LogP contribution in [0.2, 0.25) is 0 Å². The predicted molar refractivity (Wildman–Crippen MR) is 30.4 cm³/mol. The van der Waals surface area contributed by atoms with Crippen molar-refractivity contribution in [3.05, 3.63) is 0 Å².